The molecule has 1 saturated heterocycles. The molecule has 0 aliphatic carbocycles. The molecule has 2 rings (SSSR count). The summed E-state index contributed by atoms with van der Waals surface area (Å²) >= 11 is 0. The normalized spacial score (nSPS) is 17.2. The topological polar surface area (TPSA) is 85.9 Å². The van der Waals surface area contributed by atoms with Gasteiger partial charge in [0.15, 0.2) is 11.5 Å². The maximum atomic E-state index is 12.1. The highest BCUT2D eigenvalue weighted by molar-refractivity contribution is 5.88. The first kappa shape index (κ1) is 17.9. The SMILES string of the molecule is COc1cc(C2CNC(=O)C2)cc(NC(=O)OC(C)(C)C)c1OC. The summed E-state index contributed by atoms with van der Waals surface area (Å²) in [6.45, 7) is 5.92. The van der Waals surface area contributed by atoms with Crippen molar-refractivity contribution in [2.24, 2.45) is 0 Å². The molecule has 0 bridgehead atoms. The number of hydrogen-bond donors (Lipinski definition) is 2. The number of benzene rings is 1. The first-order valence-corrected chi connectivity index (χ1v) is 7.76. The first-order chi connectivity index (χ1) is 11.2. The smallest absolute Gasteiger partial charge is 0.412 e. The molecule has 0 radical (unpaired) electrons. The van der Waals surface area contributed by atoms with E-state index in [0.29, 0.717) is 30.2 Å². The van der Waals surface area contributed by atoms with Crippen LogP contribution in [-0.2, 0) is 9.53 Å². The lowest BCUT2D eigenvalue weighted by molar-refractivity contribution is -0.119. The second-order valence-corrected chi connectivity index (χ2v) is 6.64. The van der Waals surface area contributed by atoms with Crippen molar-refractivity contribution in [1.29, 1.82) is 0 Å². The van der Waals surface area contributed by atoms with Crippen molar-refractivity contribution in [3.63, 3.8) is 0 Å². The standard InChI is InChI=1S/C17H24N2O5/c1-17(2,3)24-16(21)19-12-6-10(11-8-14(20)18-9-11)7-13(22-4)15(12)23-5/h6-7,11H,8-9H2,1-5H3,(H,18,20)(H,19,21). The minimum absolute atomic E-state index is 0.0106. The number of amides is 2. The highest BCUT2D eigenvalue weighted by Gasteiger charge is 2.26. The molecule has 0 spiro atoms. The predicted molar refractivity (Wildman–Crippen MR) is 89.8 cm³/mol. The van der Waals surface area contributed by atoms with Crippen LogP contribution in [0.5, 0.6) is 11.5 Å². The molecule has 1 atom stereocenters. The van der Waals surface area contributed by atoms with Crippen LogP contribution in [0.15, 0.2) is 12.1 Å². The fraction of sp³-hybridized carbons (Fsp3) is 0.529. The van der Waals surface area contributed by atoms with Gasteiger partial charge in [0.05, 0.1) is 19.9 Å². The van der Waals surface area contributed by atoms with Crippen LogP contribution in [0.2, 0.25) is 0 Å². The van der Waals surface area contributed by atoms with Gasteiger partial charge in [-0.05, 0) is 38.5 Å². The number of carbonyl (C=O) groups excluding carboxylic acids is 2. The molecule has 2 amide bonds. The number of rotatable bonds is 4. The van der Waals surface area contributed by atoms with Gasteiger partial charge in [0.25, 0.3) is 0 Å². The summed E-state index contributed by atoms with van der Waals surface area (Å²) in [7, 11) is 3.02. The van der Waals surface area contributed by atoms with Gasteiger partial charge < -0.3 is 19.5 Å². The average Bonchev–Trinajstić information content (AvgIpc) is 2.90. The summed E-state index contributed by atoms with van der Waals surface area (Å²) in [5.74, 6) is 0.928. The van der Waals surface area contributed by atoms with E-state index >= 15 is 0 Å². The number of methoxy groups -OCH3 is 2. The Hall–Kier alpha value is -2.44. The van der Waals surface area contributed by atoms with Gasteiger partial charge >= 0.3 is 6.09 Å². The van der Waals surface area contributed by atoms with Gasteiger partial charge in [0.2, 0.25) is 5.91 Å². The lowest BCUT2D eigenvalue weighted by atomic mass is 9.97. The van der Waals surface area contributed by atoms with Crippen LogP contribution in [0.3, 0.4) is 0 Å². The van der Waals surface area contributed by atoms with Crippen LogP contribution < -0.4 is 20.1 Å². The minimum atomic E-state index is -0.610. The Bertz CT molecular complexity index is 637. The zero-order valence-electron chi connectivity index (χ0n) is 14.7. The fourth-order valence-corrected chi connectivity index (χ4v) is 2.57. The number of ether oxygens (including phenoxy) is 3. The molecular formula is C17H24N2O5. The molecule has 1 aromatic rings. The Morgan fingerprint density at radius 1 is 1.25 bits per heavy atom. The van der Waals surface area contributed by atoms with E-state index in [1.54, 1.807) is 26.8 Å². The maximum absolute atomic E-state index is 12.1. The van der Waals surface area contributed by atoms with Crippen LogP contribution in [0.1, 0.15) is 38.7 Å². The first-order valence-electron chi connectivity index (χ1n) is 7.76. The van der Waals surface area contributed by atoms with Gasteiger partial charge in [-0.2, -0.15) is 0 Å². The predicted octanol–water partition coefficient (Wildman–Crippen LogP) is 2.65. The summed E-state index contributed by atoms with van der Waals surface area (Å²) in [5, 5.41) is 5.50. The van der Waals surface area contributed by atoms with E-state index in [1.165, 1.54) is 14.2 Å². The molecule has 0 saturated carbocycles. The third kappa shape index (κ3) is 4.31. The molecule has 132 valence electrons. The van der Waals surface area contributed by atoms with Crippen LogP contribution in [0.4, 0.5) is 10.5 Å². The highest BCUT2D eigenvalue weighted by Crippen LogP contribution is 2.40. The molecule has 1 aliphatic rings. The van der Waals surface area contributed by atoms with Crippen molar-refractivity contribution in [2.45, 2.75) is 38.7 Å². The summed E-state index contributed by atoms with van der Waals surface area (Å²) in [6, 6.07) is 3.61. The van der Waals surface area contributed by atoms with Crippen molar-refractivity contribution in [3.05, 3.63) is 17.7 Å². The van der Waals surface area contributed by atoms with Gasteiger partial charge in [0.1, 0.15) is 5.60 Å². The fourth-order valence-electron chi connectivity index (χ4n) is 2.57. The van der Waals surface area contributed by atoms with Gasteiger partial charge in [-0.25, -0.2) is 4.79 Å². The van der Waals surface area contributed by atoms with Crippen molar-refractivity contribution in [1.82, 2.24) is 5.32 Å². The summed E-state index contributed by atoms with van der Waals surface area (Å²) in [5.41, 5.74) is 0.721. The van der Waals surface area contributed by atoms with E-state index in [1.807, 2.05) is 6.07 Å². The molecule has 2 N–H and O–H groups in total. The van der Waals surface area contributed by atoms with Gasteiger partial charge in [-0.1, -0.05) is 0 Å². The van der Waals surface area contributed by atoms with Crippen LogP contribution >= 0.6 is 0 Å². The minimum Gasteiger partial charge on any atom is -0.493 e. The van der Waals surface area contributed by atoms with Crippen molar-refractivity contribution >= 4 is 17.7 Å². The van der Waals surface area contributed by atoms with Crippen molar-refractivity contribution in [3.8, 4) is 11.5 Å². The lowest BCUT2D eigenvalue weighted by Crippen LogP contribution is -2.27. The summed E-state index contributed by atoms with van der Waals surface area (Å²) < 4.78 is 16.0. The largest absolute Gasteiger partial charge is 0.493 e. The maximum Gasteiger partial charge on any atom is 0.412 e. The molecular weight excluding hydrogens is 312 g/mol. The Morgan fingerprint density at radius 3 is 2.46 bits per heavy atom. The van der Waals surface area contributed by atoms with E-state index < -0.39 is 11.7 Å². The molecule has 1 aliphatic heterocycles. The third-order valence-corrected chi connectivity index (χ3v) is 3.59. The van der Waals surface area contributed by atoms with E-state index in [0.717, 1.165) is 5.56 Å². The van der Waals surface area contributed by atoms with E-state index in [4.69, 9.17) is 14.2 Å². The van der Waals surface area contributed by atoms with E-state index in [2.05, 4.69) is 10.6 Å². The monoisotopic (exact) mass is 336 g/mol. The second kappa shape index (κ2) is 6.98. The number of anilines is 1. The quantitative estimate of drug-likeness (QED) is 0.883. The summed E-state index contributed by atoms with van der Waals surface area (Å²) in [6.07, 6.45) is -0.179. The third-order valence-electron chi connectivity index (χ3n) is 3.59. The van der Waals surface area contributed by atoms with Crippen molar-refractivity contribution < 1.29 is 23.8 Å². The zero-order valence-corrected chi connectivity index (χ0v) is 14.7. The summed E-state index contributed by atoms with van der Waals surface area (Å²) in [4.78, 5) is 23.6. The van der Waals surface area contributed by atoms with Crippen molar-refractivity contribution in [2.75, 3.05) is 26.1 Å². The number of nitrogens with one attached hydrogen (secondary N) is 2. The Morgan fingerprint density at radius 2 is 1.96 bits per heavy atom. The Balaban J connectivity index is 2.33. The molecule has 7 heteroatoms. The van der Waals surface area contributed by atoms with Crippen LogP contribution in [-0.4, -0.2) is 38.4 Å². The van der Waals surface area contributed by atoms with E-state index in [9.17, 15) is 9.59 Å². The average molecular weight is 336 g/mol. The molecule has 1 aromatic carbocycles. The molecule has 1 unspecified atom stereocenters. The van der Waals surface area contributed by atoms with Gasteiger partial charge in [-0.15, -0.1) is 0 Å². The Kier molecular flexibility index (Phi) is 5.21. The zero-order chi connectivity index (χ0) is 17.9. The van der Waals surface area contributed by atoms with Gasteiger partial charge in [0, 0.05) is 18.9 Å². The second-order valence-electron chi connectivity index (χ2n) is 6.64. The molecule has 1 heterocycles. The molecule has 7 nitrogen and oxygen atoms in total. The molecule has 1 fully saturated rings. The lowest BCUT2D eigenvalue weighted by Gasteiger charge is -2.21. The van der Waals surface area contributed by atoms with E-state index in [-0.39, 0.29) is 11.8 Å². The number of carbonyl (C=O) groups is 2. The van der Waals surface area contributed by atoms with Gasteiger partial charge in [-0.3, -0.25) is 10.1 Å². The Labute approximate surface area is 141 Å². The molecule has 0 aromatic heterocycles. The van der Waals surface area contributed by atoms with Crippen LogP contribution in [0, 0.1) is 0 Å². The highest BCUT2D eigenvalue weighted by atomic mass is 16.6. The number of hydrogen-bond acceptors (Lipinski definition) is 5. The van der Waals surface area contributed by atoms with Crippen LogP contribution in [0.25, 0.3) is 0 Å². The molecule has 24 heavy (non-hydrogen) atoms.